The van der Waals surface area contributed by atoms with Crippen LogP contribution in [0.2, 0.25) is 0 Å². The molecule has 22 heavy (non-hydrogen) atoms. The van der Waals surface area contributed by atoms with Crippen LogP contribution in [0.1, 0.15) is 5.56 Å². The molecule has 2 N–H and O–H groups in total. The number of ether oxygens (including phenoxy) is 1. The van der Waals surface area contributed by atoms with Crippen molar-refractivity contribution < 1.29 is 14.6 Å². The summed E-state index contributed by atoms with van der Waals surface area (Å²) in [6.45, 7) is 0.211. The Morgan fingerprint density at radius 2 is 1.82 bits per heavy atom. The van der Waals surface area contributed by atoms with Crippen molar-refractivity contribution in [3.63, 3.8) is 0 Å². The summed E-state index contributed by atoms with van der Waals surface area (Å²) in [5.41, 5.74) is 1.53. The maximum Gasteiger partial charge on any atom is 0.411 e. The lowest BCUT2D eigenvalue weighted by molar-refractivity contribution is 0.155. The van der Waals surface area contributed by atoms with E-state index in [0.717, 1.165) is 16.3 Å². The lowest BCUT2D eigenvalue weighted by Gasteiger charge is -2.10. The average molecular weight is 293 g/mol. The van der Waals surface area contributed by atoms with Crippen LogP contribution in [0.4, 0.5) is 10.5 Å². The Hall–Kier alpha value is -3.01. The van der Waals surface area contributed by atoms with E-state index in [2.05, 4.69) is 5.32 Å². The van der Waals surface area contributed by atoms with Crippen molar-refractivity contribution in [2.45, 2.75) is 6.61 Å². The molecule has 3 aromatic rings. The zero-order chi connectivity index (χ0) is 15.4. The van der Waals surface area contributed by atoms with Gasteiger partial charge in [0.15, 0.2) is 0 Å². The maximum atomic E-state index is 11.9. The first-order valence-electron chi connectivity index (χ1n) is 6.92. The number of hydrogen-bond donors (Lipinski definition) is 2. The first-order chi connectivity index (χ1) is 10.7. The molecule has 0 aliphatic heterocycles. The molecule has 0 atom stereocenters. The molecule has 0 bridgehead atoms. The van der Waals surface area contributed by atoms with Crippen molar-refractivity contribution in [3.05, 3.63) is 72.3 Å². The highest BCUT2D eigenvalue weighted by Gasteiger charge is 2.07. The van der Waals surface area contributed by atoms with Gasteiger partial charge in [-0.05, 0) is 29.1 Å². The van der Waals surface area contributed by atoms with Gasteiger partial charge < -0.3 is 9.84 Å². The number of hydrogen-bond acceptors (Lipinski definition) is 3. The first-order valence-corrected chi connectivity index (χ1v) is 6.92. The Morgan fingerprint density at radius 1 is 1.00 bits per heavy atom. The maximum absolute atomic E-state index is 11.9. The van der Waals surface area contributed by atoms with E-state index in [1.54, 1.807) is 24.3 Å². The van der Waals surface area contributed by atoms with Gasteiger partial charge in [0.1, 0.15) is 12.4 Å². The van der Waals surface area contributed by atoms with Gasteiger partial charge in [0.2, 0.25) is 0 Å². The third kappa shape index (κ3) is 3.17. The summed E-state index contributed by atoms with van der Waals surface area (Å²) in [5, 5.41) is 14.0. The molecule has 110 valence electrons. The van der Waals surface area contributed by atoms with Gasteiger partial charge in [0.25, 0.3) is 0 Å². The molecule has 0 fully saturated rings. The van der Waals surface area contributed by atoms with Crippen LogP contribution in [-0.2, 0) is 11.3 Å². The molecule has 0 aliphatic rings. The molecule has 0 saturated heterocycles. The van der Waals surface area contributed by atoms with Gasteiger partial charge in [-0.2, -0.15) is 0 Å². The Bertz CT molecular complexity index is 800. The predicted molar refractivity (Wildman–Crippen MR) is 85.9 cm³/mol. The van der Waals surface area contributed by atoms with E-state index in [-0.39, 0.29) is 12.4 Å². The molecule has 3 aromatic carbocycles. The zero-order valence-electron chi connectivity index (χ0n) is 11.8. The Labute approximate surface area is 128 Å². The second kappa shape index (κ2) is 6.18. The van der Waals surface area contributed by atoms with Gasteiger partial charge in [-0.25, -0.2) is 4.79 Å². The molecule has 0 radical (unpaired) electrons. The largest absolute Gasteiger partial charge is 0.508 e. The van der Waals surface area contributed by atoms with Crippen LogP contribution < -0.4 is 5.32 Å². The van der Waals surface area contributed by atoms with E-state index >= 15 is 0 Å². The number of rotatable bonds is 3. The average Bonchev–Trinajstić information content (AvgIpc) is 2.54. The van der Waals surface area contributed by atoms with Crippen LogP contribution in [0, 0.1) is 0 Å². The molecule has 4 heteroatoms. The topological polar surface area (TPSA) is 58.6 Å². The molecule has 3 rings (SSSR count). The second-order valence-corrected chi connectivity index (χ2v) is 4.90. The van der Waals surface area contributed by atoms with E-state index in [4.69, 9.17) is 4.74 Å². The summed E-state index contributed by atoms with van der Waals surface area (Å²) in [5.74, 6) is 0.152. The molecule has 0 spiro atoms. The third-order valence-corrected chi connectivity index (χ3v) is 3.32. The normalized spacial score (nSPS) is 10.4. The van der Waals surface area contributed by atoms with Gasteiger partial charge >= 0.3 is 6.09 Å². The highest BCUT2D eigenvalue weighted by atomic mass is 16.5. The molecule has 0 saturated carbocycles. The number of carbonyl (C=O) groups is 1. The smallest absolute Gasteiger partial charge is 0.411 e. The summed E-state index contributed by atoms with van der Waals surface area (Å²) in [6.07, 6.45) is -0.528. The van der Waals surface area contributed by atoms with Gasteiger partial charge in [-0.1, -0.05) is 48.5 Å². The molecular weight excluding hydrogens is 278 g/mol. The fraction of sp³-hybridized carbons (Fsp3) is 0.0556. The number of anilines is 1. The first kappa shape index (κ1) is 13.9. The minimum Gasteiger partial charge on any atom is -0.508 e. The van der Waals surface area contributed by atoms with E-state index in [0.29, 0.717) is 5.69 Å². The number of fused-ring (bicyclic) bond motifs is 1. The number of phenolic OH excluding ortho intramolecular Hbond substituents is 1. The highest BCUT2D eigenvalue weighted by molar-refractivity contribution is 6.00. The number of phenols is 1. The van der Waals surface area contributed by atoms with Crippen molar-refractivity contribution in [1.82, 2.24) is 0 Å². The fourth-order valence-electron chi connectivity index (χ4n) is 2.24. The van der Waals surface area contributed by atoms with Crippen molar-refractivity contribution in [1.29, 1.82) is 0 Å². The van der Waals surface area contributed by atoms with Crippen molar-refractivity contribution in [2.24, 2.45) is 0 Å². The number of benzene rings is 3. The summed E-state index contributed by atoms with van der Waals surface area (Å²) in [6, 6.07) is 20.0. The molecule has 0 aliphatic carbocycles. The lowest BCUT2D eigenvalue weighted by atomic mass is 10.1. The van der Waals surface area contributed by atoms with E-state index < -0.39 is 6.09 Å². The van der Waals surface area contributed by atoms with Gasteiger partial charge in [0.05, 0.1) is 5.69 Å². The van der Waals surface area contributed by atoms with Crippen molar-refractivity contribution >= 4 is 22.6 Å². The fourth-order valence-corrected chi connectivity index (χ4v) is 2.24. The van der Waals surface area contributed by atoms with E-state index in [1.165, 1.54) is 0 Å². The van der Waals surface area contributed by atoms with Gasteiger partial charge in [0, 0.05) is 5.39 Å². The monoisotopic (exact) mass is 293 g/mol. The molecule has 1 amide bonds. The van der Waals surface area contributed by atoms with Crippen LogP contribution in [-0.4, -0.2) is 11.2 Å². The quantitative estimate of drug-likeness (QED) is 0.757. The lowest BCUT2D eigenvalue weighted by Crippen LogP contribution is -2.13. The highest BCUT2D eigenvalue weighted by Crippen LogP contribution is 2.27. The van der Waals surface area contributed by atoms with Crippen LogP contribution in [0.5, 0.6) is 5.75 Å². The van der Waals surface area contributed by atoms with Crippen LogP contribution >= 0.6 is 0 Å². The predicted octanol–water partition coefficient (Wildman–Crippen LogP) is 4.29. The Kier molecular flexibility index (Phi) is 3.92. The second-order valence-electron chi connectivity index (χ2n) is 4.90. The summed E-state index contributed by atoms with van der Waals surface area (Å²) in [4.78, 5) is 11.9. The minimum atomic E-state index is -0.528. The van der Waals surface area contributed by atoms with Crippen LogP contribution in [0.3, 0.4) is 0 Å². The summed E-state index contributed by atoms with van der Waals surface area (Å²) < 4.78 is 5.20. The molecule has 4 nitrogen and oxygen atoms in total. The van der Waals surface area contributed by atoms with Crippen molar-refractivity contribution in [2.75, 3.05) is 5.32 Å². The zero-order valence-corrected chi connectivity index (χ0v) is 11.8. The molecular formula is C18H15NO3. The third-order valence-electron chi connectivity index (χ3n) is 3.32. The molecule has 0 unspecified atom stereocenters. The Morgan fingerprint density at radius 3 is 2.64 bits per heavy atom. The standard InChI is InChI=1S/C18H15NO3/c20-15-10-9-14-7-4-8-17(16(14)11-15)19-18(21)22-12-13-5-2-1-3-6-13/h1-11,20H,12H2,(H,19,21). The van der Waals surface area contributed by atoms with E-state index in [9.17, 15) is 9.90 Å². The number of carbonyl (C=O) groups excluding carboxylic acids is 1. The molecule has 0 heterocycles. The number of aromatic hydroxyl groups is 1. The van der Waals surface area contributed by atoms with Crippen LogP contribution in [0.25, 0.3) is 10.8 Å². The van der Waals surface area contributed by atoms with Gasteiger partial charge in [-0.3, -0.25) is 5.32 Å². The summed E-state index contributed by atoms with van der Waals surface area (Å²) >= 11 is 0. The van der Waals surface area contributed by atoms with Crippen LogP contribution in [0.15, 0.2) is 66.7 Å². The SMILES string of the molecule is O=C(Nc1cccc2ccc(O)cc12)OCc1ccccc1. The van der Waals surface area contributed by atoms with Crippen molar-refractivity contribution in [3.8, 4) is 5.75 Å². The number of nitrogens with one attached hydrogen (secondary N) is 1. The Balaban J connectivity index is 1.73. The summed E-state index contributed by atoms with van der Waals surface area (Å²) in [7, 11) is 0. The molecule has 0 aromatic heterocycles. The number of amides is 1. The van der Waals surface area contributed by atoms with E-state index in [1.807, 2.05) is 42.5 Å². The minimum absolute atomic E-state index is 0.152. The van der Waals surface area contributed by atoms with Gasteiger partial charge in [-0.15, -0.1) is 0 Å².